The molecule has 0 atom stereocenters. The van der Waals surface area contributed by atoms with Crippen molar-refractivity contribution in [3.8, 4) is 16.9 Å². The lowest BCUT2D eigenvalue weighted by molar-refractivity contribution is -0.121. The van der Waals surface area contributed by atoms with E-state index in [0.717, 1.165) is 33.5 Å². The second kappa shape index (κ2) is 8.55. The molecule has 2 aromatic heterocycles. The zero-order valence-electron chi connectivity index (χ0n) is 16.7. The van der Waals surface area contributed by atoms with Crippen LogP contribution in [0.1, 0.15) is 11.3 Å². The smallest absolute Gasteiger partial charge is 0.242 e. The van der Waals surface area contributed by atoms with Crippen LogP contribution in [-0.2, 0) is 17.9 Å². The summed E-state index contributed by atoms with van der Waals surface area (Å²) < 4.78 is 6.88. The SMILES string of the molecule is COc1ccc(-c2ccnc3c2c(C)nn3CC(=O)NCc2ccccc2Cl)cc1. The van der Waals surface area contributed by atoms with Gasteiger partial charge in [0.05, 0.1) is 12.8 Å². The van der Waals surface area contributed by atoms with Crippen LogP contribution in [0.4, 0.5) is 0 Å². The Hall–Kier alpha value is -3.38. The Kier molecular flexibility index (Phi) is 5.68. The summed E-state index contributed by atoms with van der Waals surface area (Å²) >= 11 is 6.16. The molecule has 0 aliphatic heterocycles. The Labute approximate surface area is 179 Å². The van der Waals surface area contributed by atoms with Crippen LogP contribution in [0.15, 0.2) is 60.8 Å². The zero-order chi connectivity index (χ0) is 21.1. The van der Waals surface area contributed by atoms with E-state index < -0.39 is 0 Å². The summed E-state index contributed by atoms with van der Waals surface area (Å²) in [6, 6.07) is 17.2. The van der Waals surface area contributed by atoms with E-state index in [1.807, 2.05) is 55.5 Å². The highest BCUT2D eigenvalue weighted by molar-refractivity contribution is 6.31. The number of halogens is 1. The molecule has 0 aliphatic rings. The molecule has 0 spiro atoms. The number of benzene rings is 2. The molecule has 152 valence electrons. The quantitative estimate of drug-likeness (QED) is 0.502. The third-order valence-corrected chi connectivity index (χ3v) is 5.30. The Morgan fingerprint density at radius 1 is 1.13 bits per heavy atom. The Morgan fingerprint density at radius 2 is 1.90 bits per heavy atom. The van der Waals surface area contributed by atoms with E-state index in [9.17, 15) is 4.79 Å². The first-order valence-electron chi connectivity index (χ1n) is 9.53. The van der Waals surface area contributed by atoms with Crippen molar-refractivity contribution in [3.05, 3.63) is 77.1 Å². The van der Waals surface area contributed by atoms with E-state index in [1.54, 1.807) is 24.1 Å². The van der Waals surface area contributed by atoms with Gasteiger partial charge in [0, 0.05) is 23.2 Å². The highest BCUT2D eigenvalue weighted by atomic mass is 35.5. The van der Waals surface area contributed by atoms with Gasteiger partial charge < -0.3 is 10.1 Å². The predicted molar refractivity (Wildman–Crippen MR) is 118 cm³/mol. The van der Waals surface area contributed by atoms with E-state index >= 15 is 0 Å². The number of fused-ring (bicyclic) bond motifs is 1. The zero-order valence-corrected chi connectivity index (χ0v) is 17.5. The first-order chi connectivity index (χ1) is 14.6. The van der Waals surface area contributed by atoms with Gasteiger partial charge in [-0.2, -0.15) is 5.10 Å². The number of carbonyl (C=O) groups excluding carboxylic acids is 1. The average Bonchev–Trinajstić information content (AvgIpc) is 3.08. The van der Waals surface area contributed by atoms with E-state index in [0.29, 0.717) is 17.2 Å². The van der Waals surface area contributed by atoms with E-state index in [4.69, 9.17) is 16.3 Å². The van der Waals surface area contributed by atoms with Gasteiger partial charge in [0.1, 0.15) is 12.3 Å². The van der Waals surface area contributed by atoms with Gasteiger partial charge in [-0.05, 0) is 47.9 Å². The first kappa shape index (κ1) is 19.9. The fourth-order valence-electron chi connectivity index (χ4n) is 3.43. The summed E-state index contributed by atoms with van der Waals surface area (Å²) in [5.74, 6) is 0.641. The maximum Gasteiger partial charge on any atom is 0.242 e. The molecule has 2 heterocycles. The summed E-state index contributed by atoms with van der Waals surface area (Å²) in [4.78, 5) is 17.0. The highest BCUT2D eigenvalue weighted by Gasteiger charge is 2.16. The number of methoxy groups -OCH3 is 1. The topological polar surface area (TPSA) is 69.0 Å². The number of rotatable bonds is 6. The van der Waals surface area contributed by atoms with Crippen LogP contribution in [0.5, 0.6) is 5.75 Å². The molecule has 0 bridgehead atoms. The van der Waals surface area contributed by atoms with Crippen LogP contribution in [0.25, 0.3) is 22.2 Å². The lowest BCUT2D eigenvalue weighted by Gasteiger charge is -2.08. The Morgan fingerprint density at radius 3 is 2.63 bits per heavy atom. The molecular weight excluding hydrogens is 400 g/mol. The number of nitrogens with zero attached hydrogens (tertiary/aromatic N) is 3. The summed E-state index contributed by atoms with van der Waals surface area (Å²) in [6.07, 6.45) is 1.74. The number of hydrogen-bond acceptors (Lipinski definition) is 4. The second-order valence-electron chi connectivity index (χ2n) is 6.90. The van der Waals surface area contributed by atoms with Crippen molar-refractivity contribution in [1.29, 1.82) is 0 Å². The summed E-state index contributed by atoms with van der Waals surface area (Å²) in [5, 5.41) is 9.02. The molecule has 1 amide bonds. The van der Waals surface area contributed by atoms with Crippen molar-refractivity contribution >= 4 is 28.5 Å². The van der Waals surface area contributed by atoms with Crippen molar-refractivity contribution < 1.29 is 9.53 Å². The van der Waals surface area contributed by atoms with Gasteiger partial charge in [0.2, 0.25) is 5.91 Å². The average molecular weight is 421 g/mol. The third-order valence-electron chi connectivity index (χ3n) is 4.94. The first-order valence-corrected chi connectivity index (χ1v) is 9.91. The van der Waals surface area contributed by atoms with Gasteiger partial charge in [-0.25, -0.2) is 9.67 Å². The summed E-state index contributed by atoms with van der Waals surface area (Å²) in [6.45, 7) is 2.37. The Balaban J connectivity index is 1.58. The van der Waals surface area contributed by atoms with Gasteiger partial charge in [0.25, 0.3) is 0 Å². The maximum absolute atomic E-state index is 12.5. The number of aryl methyl sites for hydroxylation is 1. The van der Waals surface area contributed by atoms with E-state index in [1.165, 1.54) is 0 Å². The molecule has 0 fully saturated rings. The van der Waals surface area contributed by atoms with Gasteiger partial charge in [-0.3, -0.25) is 4.79 Å². The third kappa shape index (κ3) is 4.00. The monoisotopic (exact) mass is 420 g/mol. The minimum atomic E-state index is -0.157. The molecule has 2 aromatic carbocycles. The number of amides is 1. The van der Waals surface area contributed by atoms with Crippen LogP contribution < -0.4 is 10.1 Å². The van der Waals surface area contributed by atoms with Gasteiger partial charge in [-0.15, -0.1) is 0 Å². The molecule has 4 aromatic rings. The normalized spacial score (nSPS) is 10.9. The molecule has 4 rings (SSSR count). The molecule has 30 heavy (non-hydrogen) atoms. The predicted octanol–water partition coefficient (Wildman–Crippen LogP) is 4.39. The summed E-state index contributed by atoms with van der Waals surface area (Å²) in [7, 11) is 1.64. The number of hydrogen-bond donors (Lipinski definition) is 1. The molecule has 1 N–H and O–H groups in total. The van der Waals surface area contributed by atoms with Gasteiger partial charge >= 0.3 is 0 Å². The molecular formula is C23H21ClN4O2. The minimum Gasteiger partial charge on any atom is -0.497 e. The molecule has 0 unspecified atom stereocenters. The molecule has 6 nitrogen and oxygen atoms in total. The Bertz CT molecular complexity index is 1200. The second-order valence-corrected chi connectivity index (χ2v) is 7.30. The number of carbonyl (C=O) groups is 1. The summed E-state index contributed by atoms with van der Waals surface area (Å²) in [5.41, 5.74) is 4.42. The molecule has 0 saturated carbocycles. The fraction of sp³-hybridized carbons (Fsp3) is 0.174. The number of aromatic nitrogens is 3. The van der Waals surface area contributed by atoms with Crippen molar-refractivity contribution in [2.75, 3.05) is 7.11 Å². The van der Waals surface area contributed by atoms with Crippen molar-refractivity contribution in [2.24, 2.45) is 0 Å². The van der Waals surface area contributed by atoms with Crippen LogP contribution >= 0.6 is 11.6 Å². The largest absolute Gasteiger partial charge is 0.497 e. The minimum absolute atomic E-state index is 0.0772. The maximum atomic E-state index is 12.5. The highest BCUT2D eigenvalue weighted by Crippen LogP contribution is 2.30. The van der Waals surface area contributed by atoms with Crippen LogP contribution in [0.2, 0.25) is 5.02 Å². The number of nitrogens with one attached hydrogen (secondary N) is 1. The molecule has 7 heteroatoms. The van der Waals surface area contributed by atoms with Crippen LogP contribution in [0.3, 0.4) is 0 Å². The van der Waals surface area contributed by atoms with Crippen molar-refractivity contribution in [1.82, 2.24) is 20.1 Å². The van der Waals surface area contributed by atoms with Gasteiger partial charge in [-0.1, -0.05) is 41.9 Å². The van der Waals surface area contributed by atoms with Crippen molar-refractivity contribution in [3.63, 3.8) is 0 Å². The molecule has 0 saturated heterocycles. The van der Waals surface area contributed by atoms with Gasteiger partial charge in [0.15, 0.2) is 5.65 Å². The van der Waals surface area contributed by atoms with Crippen LogP contribution in [0, 0.1) is 6.92 Å². The van der Waals surface area contributed by atoms with Crippen molar-refractivity contribution in [2.45, 2.75) is 20.0 Å². The number of ether oxygens (including phenoxy) is 1. The van der Waals surface area contributed by atoms with Crippen LogP contribution in [-0.4, -0.2) is 27.8 Å². The van der Waals surface area contributed by atoms with E-state index in [2.05, 4.69) is 15.4 Å². The lowest BCUT2D eigenvalue weighted by atomic mass is 10.0. The lowest BCUT2D eigenvalue weighted by Crippen LogP contribution is -2.27. The number of pyridine rings is 1. The molecule has 0 aliphatic carbocycles. The standard InChI is InChI=1S/C23H21ClN4O2/c1-15-22-19(16-7-9-18(30-2)10-8-16)11-12-25-23(22)28(27-15)14-21(29)26-13-17-5-3-4-6-20(17)24/h3-12H,13-14H2,1-2H3,(H,26,29). The van der Waals surface area contributed by atoms with E-state index in [-0.39, 0.29) is 12.5 Å². The fourth-order valence-corrected chi connectivity index (χ4v) is 3.63. The molecule has 0 radical (unpaired) electrons.